The average molecular weight is 542 g/mol. The first-order valence-electron chi connectivity index (χ1n) is 12.7. The summed E-state index contributed by atoms with van der Waals surface area (Å²) in [7, 11) is -3.76. The van der Waals surface area contributed by atoms with Gasteiger partial charge in [-0.15, -0.1) is 5.10 Å². The number of aryl methyl sites for hydroxylation is 2. The molecule has 1 aliphatic heterocycles. The van der Waals surface area contributed by atoms with E-state index >= 15 is 0 Å². The molecule has 1 N–H and O–H groups in total. The number of aromatic nitrogens is 4. The molecule has 1 aromatic carbocycles. The van der Waals surface area contributed by atoms with Crippen LogP contribution in [0.15, 0.2) is 47.8 Å². The maximum atomic E-state index is 13.6. The second-order valence-corrected chi connectivity index (χ2v) is 12.5. The molecular formula is C27H35N5O5S. The van der Waals surface area contributed by atoms with Crippen LogP contribution in [0.25, 0.3) is 0 Å². The zero-order valence-electron chi connectivity index (χ0n) is 22.5. The average Bonchev–Trinajstić information content (AvgIpc) is 3.30. The van der Waals surface area contributed by atoms with Gasteiger partial charge in [0.05, 0.1) is 24.3 Å². The Labute approximate surface area is 223 Å². The van der Waals surface area contributed by atoms with Gasteiger partial charge in [-0.25, -0.2) is 8.42 Å². The highest BCUT2D eigenvalue weighted by Crippen LogP contribution is 2.39. The topological polar surface area (TPSA) is 128 Å². The van der Waals surface area contributed by atoms with Crippen LogP contribution in [-0.2, 0) is 45.7 Å². The second kappa shape index (κ2) is 10.9. The lowest BCUT2D eigenvalue weighted by molar-refractivity contribution is -0.158. The first-order chi connectivity index (χ1) is 17.9. The minimum absolute atomic E-state index is 0.0897. The van der Waals surface area contributed by atoms with Gasteiger partial charge in [-0.1, -0.05) is 30.3 Å². The van der Waals surface area contributed by atoms with E-state index < -0.39 is 27.5 Å². The van der Waals surface area contributed by atoms with Crippen LogP contribution in [0.2, 0.25) is 0 Å². The van der Waals surface area contributed by atoms with Crippen molar-refractivity contribution in [3.8, 4) is 0 Å². The maximum Gasteiger partial charge on any atom is 0.312 e. The van der Waals surface area contributed by atoms with Crippen molar-refractivity contribution in [1.29, 1.82) is 0 Å². The molecule has 0 amide bonds. The zero-order valence-corrected chi connectivity index (χ0v) is 23.3. The molecule has 3 aromatic rings. The predicted octanol–water partition coefficient (Wildman–Crippen LogP) is 3.75. The zero-order chi connectivity index (χ0) is 27.7. The fraction of sp³-hybridized carbons (Fsp3) is 0.481. The van der Waals surface area contributed by atoms with Crippen molar-refractivity contribution in [2.24, 2.45) is 11.3 Å². The summed E-state index contributed by atoms with van der Waals surface area (Å²) in [5.74, 6) is -0.884. The van der Waals surface area contributed by atoms with Gasteiger partial charge in [-0.2, -0.15) is 4.31 Å². The van der Waals surface area contributed by atoms with Crippen LogP contribution in [0.3, 0.4) is 0 Å². The Hall–Kier alpha value is -3.15. The number of aliphatic carboxylic acids is 1. The molecule has 3 heterocycles. The Morgan fingerprint density at radius 1 is 1.29 bits per heavy atom. The lowest BCUT2D eigenvalue weighted by atomic mass is 9.81. The monoisotopic (exact) mass is 541 g/mol. The van der Waals surface area contributed by atoms with Crippen molar-refractivity contribution >= 4 is 16.0 Å². The highest BCUT2D eigenvalue weighted by molar-refractivity contribution is 7.89. The molecule has 0 fully saturated rings. The van der Waals surface area contributed by atoms with Crippen molar-refractivity contribution in [2.75, 3.05) is 6.54 Å². The van der Waals surface area contributed by atoms with Crippen LogP contribution in [0.1, 0.15) is 61.7 Å². The van der Waals surface area contributed by atoms with Crippen LogP contribution < -0.4 is 0 Å². The van der Waals surface area contributed by atoms with E-state index in [-0.39, 0.29) is 24.0 Å². The summed E-state index contributed by atoms with van der Waals surface area (Å²) in [5, 5.41) is 18.1. The van der Waals surface area contributed by atoms with Crippen LogP contribution >= 0.6 is 0 Å². The van der Waals surface area contributed by atoms with Gasteiger partial charge in [0, 0.05) is 32.0 Å². The molecule has 0 spiro atoms. The molecule has 10 nitrogen and oxygen atoms in total. The number of carboxylic acid groups (broad SMARTS) is 1. The minimum Gasteiger partial charge on any atom is -0.481 e. The molecule has 0 unspecified atom stereocenters. The molecular weight excluding hydrogens is 506 g/mol. The first-order valence-corrected chi connectivity index (χ1v) is 14.1. The number of carbonyl (C=O) groups is 1. The summed E-state index contributed by atoms with van der Waals surface area (Å²) < 4.78 is 36.6. The Kier molecular flexibility index (Phi) is 8.01. The summed E-state index contributed by atoms with van der Waals surface area (Å²) in [6, 6.07) is 7.36. The van der Waals surface area contributed by atoms with Crippen LogP contribution in [0, 0.1) is 18.3 Å². The third-order valence-corrected chi connectivity index (χ3v) is 8.99. The van der Waals surface area contributed by atoms with E-state index in [0.29, 0.717) is 30.8 Å². The summed E-state index contributed by atoms with van der Waals surface area (Å²) in [4.78, 5) is 16.5. The lowest BCUT2D eigenvalue weighted by Gasteiger charge is -2.31. The molecule has 0 saturated carbocycles. The number of fused-ring (bicyclic) bond motifs is 1. The van der Waals surface area contributed by atoms with E-state index in [1.165, 1.54) is 10.5 Å². The molecule has 38 heavy (non-hydrogen) atoms. The predicted molar refractivity (Wildman–Crippen MR) is 141 cm³/mol. The number of ether oxygens (including phenoxy) is 1. The van der Waals surface area contributed by atoms with Gasteiger partial charge in [0.15, 0.2) is 0 Å². The van der Waals surface area contributed by atoms with Gasteiger partial charge in [0.1, 0.15) is 10.6 Å². The number of rotatable bonds is 9. The first kappa shape index (κ1) is 27.9. The molecule has 0 radical (unpaired) electrons. The van der Waals surface area contributed by atoms with Crippen LogP contribution in [0.5, 0.6) is 0 Å². The van der Waals surface area contributed by atoms with Crippen molar-refractivity contribution in [2.45, 2.75) is 71.7 Å². The fourth-order valence-electron chi connectivity index (χ4n) is 4.76. The quantitative estimate of drug-likeness (QED) is 0.434. The third kappa shape index (κ3) is 5.64. The van der Waals surface area contributed by atoms with Crippen LogP contribution in [-0.4, -0.2) is 50.3 Å². The van der Waals surface area contributed by atoms with Crippen molar-refractivity contribution < 1.29 is 23.1 Å². The minimum atomic E-state index is -3.76. The Morgan fingerprint density at radius 3 is 2.74 bits per heavy atom. The molecule has 4 rings (SSSR count). The number of pyridine rings is 1. The number of sulfonamides is 1. The number of hydrogen-bond acceptors (Lipinski definition) is 7. The summed E-state index contributed by atoms with van der Waals surface area (Å²) in [6.07, 6.45) is 4.65. The number of benzene rings is 1. The Bertz CT molecular complexity index is 1420. The van der Waals surface area contributed by atoms with E-state index in [4.69, 9.17) is 4.74 Å². The van der Waals surface area contributed by atoms with E-state index in [1.807, 2.05) is 39.0 Å². The molecule has 11 heteroatoms. The van der Waals surface area contributed by atoms with E-state index in [0.717, 1.165) is 16.7 Å². The van der Waals surface area contributed by atoms with Crippen molar-refractivity contribution in [3.05, 3.63) is 70.8 Å². The lowest BCUT2D eigenvalue weighted by Crippen LogP contribution is -2.34. The van der Waals surface area contributed by atoms with Gasteiger partial charge in [0.25, 0.3) is 0 Å². The smallest absolute Gasteiger partial charge is 0.312 e. The standard InChI is InChI=1S/C27H35N5O5S/c1-6-31-16-23(29-30-31)17-37-25(27(4,5)26(33)34)21-8-7-19(3)22(12-21)15-32-14-18(2)11-20-9-10-28-13-24(20)38(32,35)36/h7-10,12-13,16,18,25H,6,11,14-15,17H2,1-5H3,(H,33,34)/t18-,25+/m0/s1. The van der Waals surface area contributed by atoms with Gasteiger partial charge in [-0.3, -0.25) is 14.5 Å². The molecule has 2 aromatic heterocycles. The van der Waals surface area contributed by atoms with E-state index in [1.54, 1.807) is 37.0 Å². The largest absolute Gasteiger partial charge is 0.481 e. The SMILES string of the molecule is CCn1cc(CO[C@H](c2ccc(C)c(CN3C[C@@H](C)Cc4ccncc4S3(=O)=O)c2)C(C)(C)C(=O)O)nn1. The van der Waals surface area contributed by atoms with Crippen molar-refractivity contribution in [3.63, 3.8) is 0 Å². The summed E-state index contributed by atoms with van der Waals surface area (Å²) >= 11 is 0. The Morgan fingerprint density at radius 2 is 2.05 bits per heavy atom. The van der Waals surface area contributed by atoms with Gasteiger partial charge < -0.3 is 9.84 Å². The normalized spacial score (nSPS) is 18.5. The molecule has 204 valence electrons. The number of nitrogens with zero attached hydrogens (tertiary/aromatic N) is 5. The maximum absolute atomic E-state index is 13.6. The summed E-state index contributed by atoms with van der Waals surface area (Å²) in [5.41, 5.74) is 2.46. The Balaban J connectivity index is 1.67. The van der Waals surface area contributed by atoms with Gasteiger partial charge >= 0.3 is 5.97 Å². The molecule has 0 bridgehead atoms. The third-order valence-electron chi connectivity index (χ3n) is 7.11. The number of carboxylic acids is 1. The molecule has 2 atom stereocenters. The molecule has 0 aliphatic carbocycles. The van der Waals surface area contributed by atoms with Gasteiger partial charge in [0.2, 0.25) is 10.0 Å². The fourth-order valence-corrected chi connectivity index (χ4v) is 6.47. The summed E-state index contributed by atoms with van der Waals surface area (Å²) in [6.45, 7) is 10.4. The highest BCUT2D eigenvalue weighted by Gasteiger charge is 2.40. The highest BCUT2D eigenvalue weighted by atomic mass is 32.2. The second-order valence-electron chi connectivity index (χ2n) is 10.6. The van der Waals surface area contributed by atoms with E-state index in [9.17, 15) is 18.3 Å². The molecule has 0 saturated heterocycles. The van der Waals surface area contributed by atoms with Gasteiger partial charge in [-0.05, 0) is 68.4 Å². The number of hydrogen-bond donors (Lipinski definition) is 1. The molecule has 1 aliphatic rings. The van der Waals surface area contributed by atoms with Crippen LogP contribution in [0.4, 0.5) is 0 Å². The van der Waals surface area contributed by atoms with E-state index in [2.05, 4.69) is 15.3 Å². The van der Waals surface area contributed by atoms with Crippen molar-refractivity contribution in [1.82, 2.24) is 24.3 Å².